The van der Waals surface area contributed by atoms with E-state index in [1.54, 1.807) is 6.26 Å². The Morgan fingerprint density at radius 1 is 0.434 bits per heavy atom. The lowest BCUT2D eigenvalue weighted by molar-refractivity contribution is 0.603. The molecule has 11 aromatic rings. The third-order valence-electron chi connectivity index (χ3n) is 10.5. The number of hydrogen-bond acceptors (Lipinski definition) is 3. The molecule has 0 saturated heterocycles. The zero-order valence-electron chi connectivity index (χ0n) is 28.5. The van der Waals surface area contributed by atoms with Crippen LogP contribution in [0.2, 0.25) is 0 Å². The highest BCUT2D eigenvalue weighted by molar-refractivity contribution is 6.18. The maximum atomic E-state index is 5.88. The van der Waals surface area contributed by atoms with Crippen molar-refractivity contribution in [2.75, 3.05) is 0 Å². The molecule has 7 aromatic carbocycles. The van der Waals surface area contributed by atoms with Crippen LogP contribution in [0.5, 0.6) is 0 Å². The first kappa shape index (κ1) is 29.5. The van der Waals surface area contributed by atoms with Crippen LogP contribution in [0.25, 0.3) is 99.7 Å². The molecule has 53 heavy (non-hydrogen) atoms. The molecule has 0 amide bonds. The number of furan rings is 1. The van der Waals surface area contributed by atoms with Crippen LogP contribution in [0, 0.1) is 0 Å². The largest absolute Gasteiger partial charge is 0.446 e. The van der Waals surface area contributed by atoms with Crippen molar-refractivity contribution in [1.82, 2.24) is 19.1 Å². The van der Waals surface area contributed by atoms with Gasteiger partial charge in [0.2, 0.25) is 5.71 Å². The van der Waals surface area contributed by atoms with E-state index >= 15 is 0 Å². The molecule has 11 rings (SSSR count). The molecule has 0 radical (unpaired) electrons. The molecular weight excluding hydrogens is 649 g/mol. The van der Waals surface area contributed by atoms with Gasteiger partial charge in [0.25, 0.3) is 0 Å². The van der Waals surface area contributed by atoms with Crippen LogP contribution in [0.3, 0.4) is 0 Å². The van der Waals surface area contributed by atoms with Gasteiger partial charge in [-0.15, -0.1) is 0 Å². The van der Waals surface area contributed by atoms with Crippen LogP contribution >= 0.6 is 0 Å². The molecule has 0 fully saturated rings. The van der Waals surface area contributed by atoms with Crippen molar-refractivity contribution < 1.29 is 4.42 Å². The summed E-state index contributed by atoms with van der Waals surface area (Å²) >= 11 is 0. The van der Waals surface area contributed by atoms with Crippen LogP contribution in [0.15, 0.2) is 187 Å². The second kappa shape index (κ2) is 11.7. The molecular formula is C48H30N4O. The number of rotatable bonds is 5. The topological polar surface area (TPSA) is 48.8 Å². The van der Waals surface area contributed by atoms with Crippen molar-refractivity contribution in [2.24, 2.45) is 0 Å². The number of para-hydroxylation sites is 2. The zero-order chi connectivity index (χ0) is 34.9. The molecule has 5 nitrogen and oxygen atoms in total. The highest BCUT2D eigenvalue weighted by atomic mass is 16.3. The van der Waals surface area contributed by atoms with Crippen molar-refractivity contribution in [3.8, 4) is 45.1 Å². The molecule has 248 valence electrons. The summed E-state index contributed by atoms with van der Waals surface area (Å²) < 4.78 is 10.5. The standard InChI is InChI=1S/C48H30N4O/c1-2-11-35(12-3-1)51-29-27-41-43(51)26-25-40-39-14-6-7-16-44(39)52(46(40)41)36-23-21-34(22-24-36)47-49-45(42-28-30-53-48(42)50-47)33-19-17-32(18-20-33)38-15-8-10-31-9-4-5-13-37(31)38/h1-30H. The first-order valence-corrected chi connectivity index (χ1v) is 17.8. The van der Waals surface area contributed by atoms with Gasteiger partial charge in [-0.1, -0.05) is 109 Å². The molecule has 0 atom stereocenters. The van der Waals surface area contributed by atoms with Gasteiger partial charge in [-0.3, -0.25) is 0 Å². The SMILES string of the molecule is c1ccc(-n2ccc3c2ccc2c4ccccc4n(-c4ccc(-c5nc(-c6ccc(-c7cccc8ccccc78)cc6)c6ccoc6n5)cc4)c23)cc1. The summed E-state index contributed by atoms with van der Waals surface area (Å²) in [5.41, 5.74) is 11.5. The van der Waals surface area contributed by atoms with Gasteiger partial charge in [0.15, 0.2) is 5.82 Å². The van der Waals surface area contributed by atoms with Gasteiger partial charge in [0.1, 0.15) is 0 Å². The summed E-state index contributed by atoms with van der Waals surface area (Å²) in [5.74, 6) is 0.622. The van der Waals surface area contributed by atoms with E-state index < -0.39 is 0 Å². The van der Waals surface area contributed by atoms with Crippen LogP contribution < -0.4 is 0 Å². The lowest BCUT2D eigenvalue weighted by Crippen LogP contribution is -1.97. The minimum Gasteiger partial charge on any atom is -0.446 e. The molecule has 0 aliphatic heterocycles. The van der Waals surface area contributed by atoms with Gasteiger partial charge in [-0.25, -0.2) is 4.98 Å². The van der Waals surface area contributed by atoms with E-state index in [2.05, 4.69) is 179 Å². The fourth-order valence-corrected chi connectivity index (χ4v) is 8.01. The molecule has 0 aliphatic carbocycles. The second-order valence-electron chi connectivity index (χ2n) is 13.5. The molecule has 4 aromatic heterocycles. The molecule has 4 heterocycles. The Hall–Kier alpha value is -7.24. The Morgan fingerprint density at radius 2 is 1.17 bits per heavy atom. The first-order chi connectivity index (χ1) is 26.3. The van der Waals surface area contributed by atoms with Crippen LogP contribution in [0.1, 0.15) is 0 Å². The molecule has 0 N–H and O–H groups in total. The van der Waals surface area contributed by atoms with Gasteiger partial charge >= 0.3 is 0 Å². The number of aromatic nitrogens is 4. The van der Waals surface area contributed by atoms with Crippen molar-refractivity contribution >= 4 is 54.6 Å². The molecule has 0 aliphatic rings. The van der Waals surface area contributed by atoms with Gasteiger partial charge in [0.05, 0.1) is 33.9 Å². The monoisotopic (exact) mass is 678 g/mol. The first-order valence-electron chi connectivity index (χ1n) is 17.8. The highest BCUT2D eigenvalue weighted by Crippen LogP contribution is 2.39. The van der Waals surface area contributed by atoms with Crippen LogP contribution in [0.4, 0.5) is 0 Å². The van der Waals surface area contributed by atoms with Crippen molar-refractivity contribution in [2.45, 2.75) is 0 Å². The van der Waals surface area contributed by atoms with Gasteiger partial charge in [-0.2, -0.15) is 4.98 Å². The fourth-order valence-electron chi connectivity index (χ4n) is 8.01. The van der Waals surface area contributed by atoms with Crippen LogP contribution in [-0.4, -0.2) is 19.1 Å². The van der Waals surface area contributed by atoms with E-state index in [9.17, 15) is 0 Å². The lowest BCUT2D eigenvalue weighted by atomic mass is 9.97. The van der Waals surface area contributed by atoms with Crippen molar-refractivity contribution in [3.05, 3.63) is 182 Å². The van der Waals surface area contributed by atoms with E-state index in [1.165, 1.54) is 43.5 Å². The Bertz CT molecular complexity index is 3140. The molecule has 5 heteroatoms. The van der Waals surface area contributed by atoms with E-state index in [0.717, 1.165) is 44.7 Å². The van der Waals surface area contributed by atoms with Gasteiger partial charge < -0.3 is 13.6 Å². The highest BCUT2D eigenvalue weighted by Gasteiger charge is 2.18. The third kappa shape index (κ3) is 4.64. The summed E-state index contributed by atoms with van der Waals surface area (Å²) in [6, 6.07) is 60.0. The Labute approximate surface area is 304 Å². The maximum Gasteiger partial charge on any atom is 0.230 e. The lowest BCUT2D eigenvalue weighted by Gasteiger charge is -2.11. The summed E-state index contributed by atoms with van der Waals surface area (Å²) in [6.07, 6.45) is 3.86. The summed E-state index contributed by atoms with van der Waals surface area (Å²) in [6.45, 7) is 0. The predicted octanol–water partition coefficient (Wildman–Crippen LogP) is 12.4. The minimum atomic E-state index is 0.569. The number of benzene rings is 7. The second-order valence-corrected chi connectivity index (χ2v) is 13.5. The number of nitrogens with zero attached hydrogens (tertiary/aromatic N) is 4. The smallest absolute Gasteiger partial charge is 0.230 e. The molecule has 0 unspecified atom stereocenters. The average Bonchev–Trinajstić information content (AvgIpc) is 3.97. The summed E-state index contributed by atoms with van der Waals surface area (Å²) in [5, 5.41) is 7.02. The van der Waals surface area contributed by atoms with E-state index in [1.807, 2.05) is 6.07 Å². The summed E-state index contributed by atoms with van der Waals surface area (Å²) in [4.78, 5) is 10.0. The van der Waals surface area contributed by atoms with E-state index in [4.69, 9.17) is 14.4 Å². The van der Waals surface area contributed by atoms with E-state index in [0.29, 0.717) is 11.5 Å². The zero-order valence-corrected chi connectivity index (χ0v) is 28.5. The van der Waals surface area contributed by atoms with Gasteiger partial charge in [-0.05, 0) is 82.6 Å². The normalized spacial score (nSPS) is 11.8. The Morgan fingerprint density at radius 3 is 2.04 bits per heavy atom. The van der Waals surface area contributed by atoms with E-state index in [-0.39, 0.29) is 0 Å². The molecule has 0 spiro atoms. The van der Waals surface area contributed by atoms with Crippen molar-refractivity contribution in [1.29, 1.82) is 0 Å². The fraction of sp³-hybridized carbons (Fsp3) is 0. The van der Waals surface area contributed by atoms with Crippen molar-refractivity contribution in [3.63, 3.8) is 0 Å². The predicted molar refractivity (Wildman–Crippen MR) is 217 cm³/mol. The number of fused-ring (bicyclic) bond motifs is 7. The average molecular weight is 679 g/mol. The number of hydrogen-bond donors (Lipinski definition) is 0. The van der Waals surface area contributed by atoms with Crippen LogP contribution in [-0.2, 0) is 0 Å². The Balaban J connectivity index is 1.01. The molecule has 0 saturated carbocycles. The third-order valence-corrected chi connectivity index (χ3v) is 10.5. The minimum absolute atomic E-state index is 0.569. The molecule has 0 bridgehead atoms. The Kier molecular flexibility index (Phi) is 6.48. The van der Waals surface area contributed by atoms with Gasteiger partial charge in [0, 0.05) is 44.9 Å². The summed E-state index contributed by atoms with van der Waals surface area (Å²) in [7, 11) is 0. The quantitative estimate of drug-likeness (QED) is 0.182. The maximum absolute atomic E-state index is 5.88.